The van der Waals surface area contributed by atoms with Gasteiger partial charge >= 0.3 is 0 Å². The molecule has 1 fully saturated rings. The minimum Gasteiger partial charge on any atom is -0.356 e. The van der Waals surface area contributed by atoms with E-state index >= 15 is 0 Å². The third kappa shape index (κ3) is 8.78. The topological polar surface area (TPSA) is 60.7 Å². The van der Waals surface area contributed by atoms with Crippen LogP contribution >= 0.6 is 24.0 Å². The van der Waals surface area contributed by atoms with Crippen LogP contribution in [0.3, 0.4) is 0 Å². The summed E-state index contributed by atoms with van der Waals surface area (Å²) in [6, 6.07) is 10.5. The lowest BCUT2D eigenvalue weighted by molar-refractivity contribution is 0.136. The van der Waals surface area contributed by atoms with E-state index in [2.05, 4.69) is 61.7 Å². The smallest absolute Gasteiger partial charge is 0.190 e. The fraction of sp³-hybridized carbons (Fsp3) is 0.565. The Morgan fingerprint density at radius 3 is 2.35 bits per heavy atom. The molecule has 0 saturated carbocycles. The Bertz CT molecular complexity index is 738. The Labute approximate surface area is 204 Å². The molecule has 0 unspecified atom stereocenters. The molecule has 0 bridgehead atoms. The quantitative estimate of drug-likeness (QED) is 0.211. The third-order valence-electron chi connectivity index (χ3n) is 5.74. The van der Waals surface area contributed by atoms with Crippen molar-refractivity contribution in [3.05, 3.63) is 48.3 Å². The van der Waals surface area contributed by atoms with Crippen molar-refractivity contribution in [1.29, 1.82) is 0 Å². The average molecular weight is 540 g/mol. The standard InChI is InChI=1S/C23H37N7.HI/c1-3-28-17-19-29(20-18-28)15-5-4-12-25-23(24-2)26-14-11-21-7-9-22(10-8-21)30-16-6-13-27-30;/h6-10,13,16H,3-5,11-12,14-15,17-20H2,1-2H3,(H2,24,25,26);1H. The lowest BCUT2D eigenvalue weighted by atomic mass is 10.1. The molecule has 2 N–H and O–H groups in total. The van der Waals surface area contributed by atoms with E-state index in [1.54, 1.807) is 6.20 Å². The number of aromatic nitrogens is 2. The summed E-state index contributed by atoms with van der Waals surface area (Å²) in [4.78, 5) is 9.46. The number of piperazine rings is 1. The van der Waals surface area contributed by atoms with E-state index in [0.29, 0.717) is 0 Å². The van der Waals surface area contributed by atoms with Crippen LogP contribution in [-0.2, 0) is 6.42 Å². The van der Waals surface area contributed by atoms with Gasteiger partial charge in [-0.15, -0.1) is 24.0 Å². The van der Waals surface area contributed by atoms with Gasteiger partial charge in [0, 0.05) is 58.7 Å². The van der Waals surface area contributed by atoms with E-state index in [4.69, 9.17) is 0 Å². The summed E-state index contributed by atoms with van der Waals surface area (Å²) < 4.78 is 1.87. The second-order valence-electron chi connectivity index (χ2n) is 7.78. The van der Waals surface area contributed by atoms with Crippen molar-refractivity contribution in [2.45, 2.75) is 26.2 Å². The van der Waals surface area contributed by atoms with Gasteiger partial charge in [0.05, 0.1) is 5.69 Å². The molecule has 2 heterocycles. The van der Waals surface area contributed by atoms with Gasteiger partial charge in [-0.3, -0.25) is 4.99 Å². The zero-order valence-electron chi connectivity index (χ0n) is 19.0. The predicted molar refractivity (Wildman–Crippen MR) is 140 cm³/mol. The van der Waals surface area contributed by atoms with Gasteiger partial charge in [0.1, 0.15) is 0 Å². The van der Waals surface area contributed by atoms with Crippen molar-refractivity contribution in [3.63, 3.8) is 0 Å². The average Bonchev–Trinajstić information content (AvgIpc) is 3.33. The Balaban J connectivity index is 0.00000341. The van der Waals surface area contributed by atoms with E-state index in [1.165, 1.54) is 57.7 Å². The SMILES string of the molecule is CCN1CCN(CCCCNC(=NC)NCCc2ccc(-n3cccn3)cc2)CC1.I. The summed E-state index contributed by atoms with van der Waals surface area (Å²) in [6.45, 7) is 11.3. The summed E-state index contributed by atoms with van der Waals surface area (Å²) >= 11 is 0. The number of nitrogens with one attached hydrogen (secondary N) is 2. The summed E-state index contributed by atoms with van der Waals surface area (Å²) in [6.07, 6.45) is 7.12. The van der Waals surface area contributed by atoms with E-state index in [9.17, 15) is 0 Å². The first-order valence-corrected chi connectivity index (χ1v) is 11.3. The molecule has 172 valence electrons. The molecule has 2 aromatic rings. The van der Waals surface area contributed by atoms with E-state index in [-0.39, 0.29) is 24.0 Å². The van der Waals surface area contributed by atoms with Gasteiger partial charge in [-0.2, -0.15) is 5.10 Å². The number of hydrogen-bond donors (Lipinski definition) is 2. The molecule has 1 aliphatic rings. The molecule has 0 amide bonds. The van der Waals surface area contributed by atoms with Gasteiger partial charge < -0.3 is 20.4 Å². The Morgan fingerprint density at radius 1 is 1.00 bits per heavy atom. The number of rotatable bonds is 10. The molecular formula is C23H38IN7. The molecule has 0 radical (unpaired) electrons. The number of unbranched alkanes of at least 4 members (excludes halogenated alkanes) is 1. The van der Waals surface area contributed by atoms with E-state index < -0.39 is 0 Å². The monoisotopic (exact) mass is 539 g/mol. The van der Waals surface area contributed by atoms with E-state index in [1.807, 2.05) is 24.0 Å². The molecule has 0 aliphatic carbocycles. The molecule has 8 heteroatoms. The van der Waals surface area contributed by atoms with Gasteiger partial charge in [-0.05, 0) is 56.1 Å². The highest BCUT2D eigenvalue weighted by molar-refractivity contribution is 14.0. The van der Waals surface area contributed by atoms with Crippen LogP contribution in [0.4, 0.5) is 0 Å². The minimum atomic E-state index is 0. The Morgan fingerprint density at radius 2 is 1.71 bits per heavy atom. The molecule has 0 atom stereocenters. The number of likely N-dealkylation sites (N-methyl/N-ethyl adjacent to an activating group) is 1. The van der Waals surface area contributed by atoms with Crippen LogP contribution in [0.25, 0.3) is 5.69 Å². The fourth-order valence-electron chi connectivity index (χ4n) is 3.78. The third-order valence-corrected chi connectivity index (χ3v) is 5.74. The number of halogens is 1. The number of benzene rings is 1. The van der Waals surface area contributed by atoms with Crippen molar-refractivity contribution in [2.75, 3.05) is 59.4 Å². The van der Waals surface area contributed by atoms with Crippen LogP contribution < -0.4 is 10.6 Å². The van der Waals surface area contributed by atoms with Gasteiger partial charge in [0.15, 0.2) is 5.96 Å². The molecule has 1 aromatic heterocycles. The zero-order chi connectivity index (χ0) is 21.0. The number of nitrogens with zero attached hydrogens (tertiary/aromatic N) is 5. The summed E-state index contributed by atoms with van der Waals surface area (Å²) in [7, 11) is 1.83. The molecule has 7 nitrogen and oxygen atoms in total. The van der Waals surface area contributed by atoms with Crippen LogP contribution in [0, 0.1) is 0 Å². The fourth-order valence-corrected chi connectivity index (χ4v) is 3.78. The van der Waals surface area contributed by atoms with Crippen LogP contribution in [0.15, 0.2) is 47.7 Å². The maximum Gasteiger partial charge on any atom is 0.190 e. The van der Waals surface area contributed by atoms with Crippen LogP contribution in [0.2, 0.25) is 0 Å². The van der Waals surface area contributed by atoms with Crippen molar-refractivity contribution >= 4 is 29.9 Å². The zero-order valence-corrected chi connectivity index (χ0v) is 21.3. The van der Waals surface area contributed by atoms with Crippen molar-refractivity contribution in [1.82, 2.24) is 30.2 Å². The highest BCUT2D eigenvalue weighted by atomic mass is 127. The maximum atomic E-state index is 4.34. The normalized spacial score (nSPS) is 15.5. The minimum absolute atomic E-state index is 0. The largest absolute Gasteiger partial charge is 0.356 e. The molecule has 1 aromatic carbocycles. The Kier molecular flexibility index (Phi) is 11.9. The molecular weight excluding hydrogens is 501 g/mol. The second-order valence-corrected chi connectivity index (χ2v) is 7.78. The van der Waals surface area contributed by atoms with Crippen molar-refractivity contribution < 1.29 is 0 Å². The lowest BCUT2D eigenvalue weighted by Gasteiger charge is -2.34. The molecule has 31 heavy (non-hydrogen) atoms. The lowest BCUT2D eigenvalue weighted by Crippen LogP contribution is -2.46. The molecule has 1 saturated heterocycles. The predicted octanol–water partition coefficient (Wildman–Crippen LogP) is 2.62. The highest BCUT2D eigenvalue weighted by Crippen LogP contribution is 2.09. The van der Waals surface area contributed by atoms with E-state index in [0.717, 1.165) is 31.2 Å². The van der Waals surface area contributed by atoms with Gasteiger partial charge in [0.25, 0.3) is 0 Å². The highest BCUT2D eigenvalue weighted by Gasteiger charge is 2.14. The summed E-state index contributed by atoms with van der Waals surface area (Å²) in [5.41, 5.74) is 2.39. The Hall–Kier alpha value is -1.65. The number of guanidine groups is 1. The van der Waals surface area contributed by atoms with Crippen molar-refractivity contribution in [3.8, 4) is 5.69 Å². The second kappa shape index (κ2) is 14.4. The van der Waals surface area contributed by atoms with Crippen molar-refractivity contribution in [2.24, 2.45) is 4.99 Å². The van der Waals surface area contributed by atoms with Gasteiger partial charge in [-0.25, -0.2) is 4.68 Å². The van der Waals surface area contributed by atoms with Crippen LogP contribution in [0.1, 0.15) is 25.3 Å². The van der Waals surface area contributed by atoms with Crippen LogP contribution in [-0.4, -0.2) is 84.9 Å². The summed E-state index contributed by atoms with van der Waals surface area (Å²) in [5, 5.41) is 11.1. The number of aliphatic imine (C=N–C) groups is 1. The molecule has 1 aliphatic heterocycles. The summed E-state index contributed by atoms with van der Waals surface area (Å²) in [5.74, 6) is 0.889. The van der Waals surface area contributed by atoms with Crippen LogP contribution in [0.5, 0.6) is 0 Å². The molecule has 3 rings (SSSR count). The first kappa shape index (κ1) is 25.6. The van der Waals surface area contributed by atoms with Gasteiger partial charge in [-0.1, -0.05) is 19.1 Å². The maximum absolute atomic E-state index is 4.34. The number of hydrogen-bond acceptors (Lipinski definition) is 4. The van der Waals surface area contributed by atoms with Gasteiger partial charge in [0.2, 0.25) is 0 Å². The molecule has 0 spiro atoms. The first-order valence-electron chi connectivity index (χ1n) is 11.3. The first-order chi connectivity index (χ1) is 14.8.